The number of non-ortho nitro benzene ring substituents is 1. The Hall–Kier alpha value is -2.71. The number of rotatable bonds is 8. The largest absolute Gasteiger partial charge is 0.300 e. The highest BCUT2D eigenvalue weighted by Crippen LogP contribution is 2.25. The van der Waals surface area contributed by atoms with Gasteiger partial charge in [0.1, 0.15) is 5.82 Å². The molecule has 1 aliphatic rings. The van der Waals surface area contributed by atoms with Crippen LogP contribution in [0.2, 0.25) is 0 Å². The molecule has 0 bridgehead atoms. The van der Waals surface area contributed by atoms with Crippen LogP contribution in [0, 0.1) is 10.1 Å². The van der Waals surface area contributed by atoms with E-state index in [1.807, 2.05) is 24.3 Å². The van der Waals surface area contributed by atoms with Crippen LogP contribution in [-0.2, 0) is 18.8 Å². The number of thioether (sulfide) groups is 1. The summed E-state index contributed by atoms with van der Waals surface area (Å²) in [6.07, 6.45) is 3.78. The zero-order valence-corrected chi connectivity index (χ0v) is 17.6. The zero-order chi connectivity index (χ0) is 20.8. The highest BCUT2D eigenvalue weighted by Gasteiger charge is 2.18. The maximum atomic E-state index is 11.0. The second kappa shape index (κ2) is 9.86. The molecule has 0 saturated carbocycles. The van der Waals surface area contributed by atoms with Crippen molar-refractivity contribution in [1.29, 1.82) is 0 Å². The summed E-state index contributed by atoms with van der Waals surface area (Å²) in [6, 6.07) is 17.1. The highest BCUT2D eigenvalue weighted by molar-refractivity contribution is 7.98. The van der Waals surface area contributed by atoms with Crippen molar-refractivity contribution in [2.75, 3.05) is 13.1 Å². The predicted molar refractivity (Wildman–Crippen MR) is 117 cm³/mol. The average Bonchev–Trinajstić information content (AvgIpc) is 3.15. The Labute approximate surface area is 180 Å². The van der Waals surface area contributed by atoms with E-state index in [4.69, 9.17) is 0 Å². The minimum atomic E-state index is -0.358. The number of likely N-dealkylation sites (tertiary alicyclic amines) is 1. The number of piperidine rings is 1. The fraction of sp³-hybridized carbons (Fsp3) is 0.364. The minimum Gasteiger partial charge on any atom is -0.300 e. The van der Waals surface area contributed by atoms with E-state index in [0.717, 1.165) is 36.2 Å². The lowest BCUT2D eigenvalue weighted by atomic mass is 10.1. The molecule has 7 nitrogen and oxygen atoms in total. The first-order valence-corrected chi connectivity index (χ1v) is 11.2. The van der Waals surface area contributed by atoms with E-state index in [0.29, 0.717) is 12.3 Å². The molecule has 4 rings (SSSR count). The lowest BCUT2D eigenvalue weighted by Gasteiger charge is -2.26. The Morgan fingerprint density at radius 2 is 1.70 bits per heavy atom. The van der Waals surface area contributed by atoms with E-state index >= 15 is 0 Å². The van der Waals surface area contributed by atoms with E-state index < -0.39 is 0 Å². The molecule has 156 valence electrons. The molecule has 1 aromatic heterocycles. The van der Waals surface area contributed by atoms with E-state index in [1.165, 1.54) is 30.9 Å². The molecule has 0 atom stereocenters. The average molecular weight is 424 g/mol. The summed E-state index contributed by atoms with van der Waals surface area (Å²) in [5.74, 6) is 1.58. The molecule has 1 aliphatic heterocycles. The Bertz CT molecular complexity index is 986. The standard InChI is InChI=1S/C22H25N5O2S/c28-27(29)20-11-7-10-19(14-20)17-30-22-24-23-21(16-25-12-5-2-6-13-25)26(22)15-18-8-3-1-4-9-18/h1,3-4,7-11,14H,2,5-6,12-13,15-17H2. The molecule has 2 heterocycles. The molecule has 0 N–H and O–H groups in total. The van der Waals surface area contributed by atoms with Crippen LogP contribution < -0.4 is 0 Å². The van der Waals surface area contributed by atoms with Crippen LogP contribution in [0.15, 0.2) is 59.8 Å². The predicted octanol–water partition coefficient (Wildman–Crippen LogP) is 4.51. The molecule has 0 amide bonds. The number of hydrogen-bond acceptors (Lipinski definition) is 6. The fourth-order valence-corrected chi connectivity index (χ4v) is 4.59. The first-order valence-electron chi connectivity index (χ1n) is 10.2. The van der Waals surface area contributed by atoms with Crippen LogP contribution in [0.1, 0.15) is 36.2 Å². The van der Waals surface area contributed by atoms with Gasteiger partial charge >= 0.3 is 0 Å². The molecule has 1 fully saturated rings. The van der Waals surface area contributed by atoms with Crippen molar-refractivity contribution in [2.45, 2.75) is 43.3 Å². The van der Waals surface area contributed by atoms with Crippen molar-refractivity contribution in [3.63, 3.8) is 0 Å². The molecular weight excluding hydrogens is 398 g/mol. The second-order valence-corrected chi connectivity index (χ2v) is 8.47. The van der Waals surface area contributed by atoms with Gasteiger partial charge in [0.05, 0.1) is 18.0 Å². The molecule has 3 aromatic rings. The van der Waals surface area contributed by atoms with E-state index in [-0.39, 0.29) is 10.6 Å². The summed E-state index contributed by atoms with van der Waals surface area (Å²) in [4.78, 5) is 13.1. The summed E-state index contributed by atoms with van der Waals surface area (Å²) in [7, 11) is 0. The third-order valence-electron chi connectivity index (χ3n) is 5.28. The van der Waals surface area contributed by atoms with Crippen molar-refractivity contribution in [3.05, 3.63) is 81.7 Å². The number of nitro benzene ring substituents is 1. The van der Waals surface area contributed by atoms with Crippen molar-refractivity contribution in [1.82, 2.24) is 19.7 Å². The molecule has 2 aromatic carbocycles. The molecule has 0 aliphatic carbocycles. The number of nitro groups is 1. The van der Waals surface area contributed by atoms with Crippen LogP contribution in [0.3, 0.4) is 0 Å². The smallest absolute Gasteiger partial charge is 0.269 e. The van der Waals surface area contributed by atoms with Gasteiger partial charge in [0.15, 0.2) is 5.16 Å². The van der Waals surface area contributed by atoms with Crippen LogP contribution in [-0.4, -0.2) is 37.7 Å². The van der Waals surface area contributed by atoms with E-state index in [2.05, 4.69) is 31.8 Å². The van der Waals surface area contributed by atoms with Crippen LogP contribution >= 0.6 is 11.8 Å². The lowest BCUT2D eigenvalue weighted by Crippen LogP contribution is -2.30. The zero-order valence-electron chi connectivity index (χ0n) is 16.8. The lowest BCUT2D eigenvalue weighted by molar-refractivity contribution is -0.384. The number of benzene rings is 2. The quantitative estimate of drug-likeness (QED) is 0.301. The third-order valence-corrected chi connectivity index (χ3v) is 6.32. The summed E-state index contributed by atoms with van der Waals surface area (Å²) in [5, 5.41) is 20.9. The van der Waals surface area contributed by atoms with Gasteiger partial charge in [-0.3, -0.25) is 15.0 Å². The summed E-state index contributed by atoms with van der Waals surface area (Å²) in [5.41, 5.74) is 2.22. The van der Waals surface area contributed by atoms with Crippen LogP contribution in [0.25, 0.3) is 0 Å². The first-order chi connectivity index (χ1) is 14.7. The molecular formula is C22H25N5O2S. The molecule has 1 saturated heterocycles. The molecule has 0 radical (unpaired) electrons. The molecule has 0 spiro atoms. The Morgan fingerprint density at radius 3 is 2.47 bits per heavy atom. The van der Waals surface area contributed by atoms with E-state index in [9.17, 15) is 10.1 Å². The maximum absolute atomic E-state index is 11.0. The van der Waals surface area contributed by atoms with Crippen molar-refractivity contribution < 1.29 is 4.92 Å². The number of hydrogen-bond donors (Lipinski definition) is 0. The van der Waals surface area contributed by atoms with Gasteiger partial charge in [-0.2, -0.15) is 0 Å². The van der Waals surface area contributed by atoms with Crippen LogP contribution in [0.5, 0.6) is 0 Å². The van der Waals surface area contributed by atoms with Crippen molar-refractivity contribution >= 4 is 17.4 Å². The molecule has 30 heavy (non-hydrogen) atoms. The Kier molecular flexibility index (Phi) is 6.76. The summed E-state index contributed by atoms with van der Waals surface area (Å²) >= 11 is 1.57. The van der Waals surface area contributed by atoms with Gasteiger partial charge in [0, 0.05) is 17.9 Å². The van der Waals surface area contributed by atoms with Crippen molar-refractivity contribution in [2.24, 2.45) is 0 Å². The molecule has 0 unspecified atom stereocenters. The third kappa shape index (κ3) is 5.25. The molecule has 8 heteroatoms. The first kappa shape index (κ1) is 20.6. The normalized spacial score (nSPS) is 14.7. The van der Waals surface area contributed by atoms with Gasteiger partial charge < -0.3 is 4.57 Å². The topological polar surface area (TPSA) is 77.1 Å². The summed E-state index contributed by atoms with van der Waals surface area (Å²) < 4.78 is 2.19. The maximum Gasteiger partial charge on any atom is 0.269 e. The van der Waals surface area contributed by atoms with Crippen molar-refractivity contribution in [3.8, 4) is 0 Å². The van der Waals surface area contributed by atoms with Gasteiger partial charge in [-0.1, -0.05) is 60.6 Å². The fourth-order valence-electron chi connectivity index (χ4n) is 3.69. The number of aromatic nitrogens is 3. The Morgan fingerprint density at radius 1 is 0.933 bits per heavy atom. The second-order valence-electron chi connectivity index (χ2n) is 7.52. The van der Waals surface area contributed by atoms with Gasteiger partial charge in [-0.05, 0) is 37.1 Å². The van der Waals surface area contributed by atoms with Gasteiger partial charge in [-0.25, -0.2) is 0 Å². The highest BCUT2D eigenvalue weighted by atomic mass is 32.2. The minimum absolute atomic E-state index is 0.115. The summed E-state index contributed by atoms with van der Waals surface area (Å²) in [6.45, 7) is 3.73. The van der Waals surface area contributed by atoms with E-state index in [1.54, 1.807) is 23.9 Å². The van der Waals surface area contributed by atoms with Crippen LogP contribution in [0.4, 0.5) is 5.69 Å². The number of nitrogens with zero attached hydrogens (tertiary/aromatic N) is 5. The van der Waals surface area contributed by atoms with Gasteiger partial charge in [0.25, 0.3) is 5.69 Å². The SMILES string of the molecule is O=[N+]([O-])c1cccc(CSc2nnc(CN3CCCCC3)n2Cc2ccccc2)c1. The Balaban J connectivity index is 1.53. The van der Waals surface area contributed by atoms with Gasteiger partial charge in [-0.15, -0.1) is 10.2 Å². The monoisotopic (exact) mass is 423 g/mol. The van der Waals surface area contributed by atoms with Gasteiger partial charge in [0.2, 0.25) is 0 Å².